The van der Waals surface area contributed by atoms with Crippen molar-refractivity contribution in [3.8, 4) is 17.2 Å². The summed E-state index contributed by atoms with van der Waals surface area (Å²) in [4.78, 5) is 32.6. The molecule has 0 unspecified atom stereocenters. The van der Waals surface area contributed by atoms with Gasteiger partial charge in [0.15, 0.2) is 16.3 Å². The van der Waals surface area contributed by atoms with Gasteiger partial charge in [0.2, 0.25) is 0 Å². The fourth-order valence-corrected chi connectivity index (χ4v) is 6.78. The van der Waals surface area contributed by atoms with Gasteiger partial charge >= 0.3 is 5.97 Å². The summed E-state index contributed by atoms with van der Waals surface area (Å²) < 4.78 is 25.2. The van der Waals surface area contributed by atoms with Crippen molar-refractivity contribution in [2.75, 3.05) is 13.7 Å². The number of thiazole rings is 1. The molecule has 0 saturated carbocycles. The Morgan fingerprint density at radius 2 is 1.79 bits per heavy atom. The van der Waals surface area contributed by atoms with Crippen molar-refractivity contribution in [2.45, 2.75) is 46.4 Å². The van der Waals surface area contributed by atoms with Crippen molar-refractivity contribution < 1.29 is 23.7 Å². The van der Waals surface area contributed by atoms with E-state index in [0.29, 0.717) is 50.0 Å². The van der Waals surface area contributed by atoms with Crippen LogP contribution in [0.3, 0.4) is 0 Å². The molecule has 0 aliphatic carbocycles. The van der Waals surface area contributed by atoms with Crippen LogP contribution in [0.15, 0.2) is 106 Å². The number of fused-ring (bicyclic) bond motifs is 2. The summed E-state index contributed by atoms with van der Waals surface area (Å²) in [6, 6.07) is 26.7. The number of allylic oxidation sites excluding steroid dienone is 1. The van der Waals surface area contributed by atoms with Crippen LogP contribution in [0.2, 0.25) is 0 Å². The maximum Gasteiger partial charge on any atom is 0.338 e. The number of aromatic nitrogens is 1. The molecule has 1 aliphatic heterocycles. The van der Waals surface area contributed by atoms with Crippen molar-refractivity contribution in [1.82, 2.24) is 4.57 Å². The van der Waals surface area contributed by atoms with E-state index in [4.69, 9.17) is 23.9 Å². The Labute approximate surface area is 276 Å². The Hall–Kier alpha value is -5.15. The van der Waals surface area contributed by atoms with E-state index in [-0.39, 0.29) is 18.3 Å². The van der Waals surface area contributed by atoms with Gasteiger partial charge in [-0.1, -0.05) is 72.0 Å². The second-order valence-electron chi connectivity index (χ2n) is 11.4. The van der Waals surface area contributed by atoms with Crippen LogP contribution in [0.25, 0.3) is 16.8 Å². The van der Waals surface area contributed by atoms with Crippen LogP contribution in [-0.2, 0) is 16.1 Å². The number of carbonyl (C=O) groups is 1. The van der Waals surface area contributed by atoms with Crippen molar-refractivity contribution in [2.24, 2.45) is 4.99 Å². The van der Waals surface area contributed by atoms with Gasteiger partial charge in [0.05, 0.1) is 41.7 Å². The molecule has 1 aliphatic rings. The minimum Gasteiger partial charge on any atom is -0.493 e. The predicted molar refractivity (Wildman–Crippen MR) is 184 cm³/mol. The SMILES string of the molecule is CCOC(=O)C1=C(C)N=c2s/c(=C/c3cccc(OCc4cccc5ccccc45)c3)c(=O)n2[C@H]1c1ccc(OC(C)C)c(OC)c1. The maximum atomic E-state index is 14.1. The molecule has 9 heteroatoms. The molecule has 0 radical (unpaired) electrons. The lowest BCUT2D eigenvalue weighted by atomic mass is 9.95. The summed E-state index contributed by atoms with van der Waals surface area (Å²) in [6.45, 7) is 7.98. The highest BCUT2D eigenvalue weighted by atomic mass is 32.1. The van der Waals surface area contributed by atoms with Crippen molar-refractivity contribution in [3.63, 3.8) is 0 Å². The molecule has 0 N–H and O–H groups in total. The summed E-state index contributed by atoms with van der Waals surface area (Å²) in [5.74, 6) is 1.23. The van der Waals surface area contributed by atoms with E-state index >= 15 is 0 Å². The highest BCUT2D eigenvalue weighted by Crippen LogP contribution is 2.36. The summed E-state index contributed by atoms with van der Waals surface area (Å²) in [7, 11) is 1.56. The van der Waals surface area contributed by atoms with Crippen LogP contribution in [0.1, 0.15) is 50.4 Å². The highest BCUT2D eigenvalue weighted by Gasteiger charge is 2.34. The van der Waals surface area contributed by atoms with E-state index in [2.05, 4.69) is 24.3 Å². The topological polar surface area (TPSA) is 88.4 Å². The number of hydrogen-bond donors (Lipinski definition) is 0. The number of benzene rings is 4. The van der Waals surface area contributed by atoms with Crippen LogP contribution in [0.4, 0.5) is 0 Å². The summed E-state index contributed by atoms with van der Waals surface area (Å²) in [5.41, 5.74) is 3.10. The molecule has 5 aromatic rings. The van der Waals surface area contributed by atoms with Crippen molar-refractivity contribution in [3.05, 3.63) is 133 Å². The lowest BCUT2D eigenvalue weighted by molar-refractivity contribution is -0.139. The molecule has 0 saturated heterocycles. The van der Waals surface area contributed by atoms with Gasteiger partial charge in [0, 0.05) is 0 Å². The molecule has 8 nitrogen and oxygen atoms in total. The van der Waals surface area contributed by atoms with Gasteiger partial charge in [-0.2, -0.15) is 0 Å². The molecule has 1 aromatic heterocycles. The Morgan fingerprint density at radius 1 is 1.00 bits per heavy atom. The van der Waals surface area contributed by atoms with E-state index in [1.807, 2.05) is 68.5 Å². The average molecular weight is 649 g/mol. The summed E-state index contributed by atoms with van der Waals surface area (Å²) >= 11 is 1.27. The minimum atomic E-state index is -0.773. The van der Waals surface area contributed by atoms with Gasteiger partial charge < -0.3 is 18.9 Å². The maximum absolute atomic E-state index is 14.1. The molecule has 0 amide bonds. The molecule has 1 atom stereocenters. The lowest BCUT2D eigenvalue weighted by Gasteiger charge is -2.25. The second-order valence-corrected chi connectivity index (χ2v) is 12.4. The van der Waals surface area contributed by atoms with Gasteiger partial charge in [-0.15, -0.1) is 0 Å². The predicted octanol–water partition coefficient (Wildman–Crippen LogP) is 6.33. The molecule has 240 valence electrons. The fraction of sp³-hybridized carbons (Fsp3) is 0.237. The Morgan fingerprint density at radius 3 is 2.57 bits per heavy atom. The number of methoxy groups -OCH3 is 1. The molecule has 0 fully saturated rings. The van der Waals surface area contributed by atoms with E-state index in [0.717, 1.165) is 21.9 Å². The number of esters is 1. The molecular weight excluding hydrogens is 612 g/mol. The number of carbonyl (C=O) groups excluding carboxylic acids is 1. The molecule has 0 bridgehead atoms. The molecule has 2 heterocycles. The highest BCUT2D eigenvalue weighted by molar-refractivity contribution is 7.07. The average Bonchev–Trinajstić information content (AvgIpc) is 3.36. The number of rotatable bonds is 10. The first kappa shape index (κ1) is 31.8. The van der Waals surface area contributed by atoms with Gasteiger partial charge in [-0.25, -0.2) is 9.79 Å². The van der Waals surface area contributed by atoms with Crippen LogP contribution in [0.5, 0.6) is 17.2 Å². The molecule has 6 rings (SSSR count). The Bertz CT molecular complexity index is 2170. The van der Waals surface area contributed by atoms with Crippen molar-refractivity contribution >= 4 is 34.2 Å². The van der Waals surface area contributed by atoms with Crippen LogP contribution < -0.4 is 29.1 Å². The zero-order chi connectivity index (χ0) is 33.1. The Balaban J connectivity index is 1.38. The lowest BCUT2D eigenvalue weighted by Crippen LogP contribution is -2.40. The van der Waals surface area contributed by atoms with Gasteiger partial charge in [0.1, 0.15) is 12.4 Å². The fourth-order valence-electron chi connectivity index (χ4n) is 5.74. The number of ether oxygens (including phenoxy) is 4. The third-order valence-corrected chi connectivity index (χ3v) is 8.80. The van der Waals surface area contributed by atoms with E-state index in [1.54, 1.807) is 37.7 Å². The molecule has 4 aromatic carbocycles. The van der Waals surface area contributed by atoms with Crippen molar-refractivity contribution in [1.29, 1.82) is 0 Å². The zero-order valence-electron chi connectivity index (χ0n) is 27.0. The van der Waals surface area contributed by atoms with Crippen LogP contribution in [-0.4, -0.2) is 30.4 Å². The number of nitrogens with zero attached hydrogens (tertiary/aromatic N) is 2. The molecular formula is C38H36N2O6S. The van der Waals surface area contributed by atoms with Gasteiger partial charge in [-0.05, 0) is 85.5 Å². The third kappa shape index (κ3) is 6.57. The summed E-state index contributed by atoms with van der Waals surface area (Å²) in [6.07, 6.45) is 1.77. The first-order chi connectivity index (χ1) is 22.8. The monoisotopic (exact) mass is 648 g/mol. The second kappa shape index (κ2) is 13.7. The van der Waals surface area contributed by atoms with E-state index < -0.39 is 12.0 Å². The molecule has 0 spiro atoms. The normalized spacial score (nSPS) is 14.6. The first-order valence-corrected chi connectivity index (χ1v) is 16.3. The minimum absolute atomic E-state index is 0.0632. The van der Waals surface area contributed by atoms with Crippen LogP contribution >= 0.6 is 11.3 Å². The molecule has 47 heavy (non-hydrogen) atoms. The van der Waals surface area contributed by atoms with E-state index in [1.165, 1.54) is 11.3 Å². The number of hydrogen-bond acceptors (Lipinski definition) is 8. The van der Waals surface area contributed by atoms with E-state index in [9.17, 15) is 9.59 Å². The van der Waals surface area contributed by atoms with Gasteiger partial charge in [0.25, 0.3) is 5.56 Å². The quantitative estimate of drug-likeness (QED) is 0.165. The standard InChI is InChI=1S/C38H36N2O6S/c1-6-44-37(42)34-24(4)39-38-40(35(34)27-17-18-31(46-23(2)3)32(21-27)43-5)36(41)33(47-38)20-25-11-9-15-29(19-25)45-22-28-14-10-13-26-12-7-8-16-30(26)28/h7-21,23,35H,6,22H2,1-5H3/b33-20+/t35-/m0/s1. The Kier molecular flexibility index (Phi) is 9.26. The first-order valence-electron chi connectivity index (χ1n) is 15.5. The zero-order valence-corrected chi connectivity index (χ0v) is 27.8. The van der Waals surface area contributed by atoms with Crippen LogP contribution in [0, 0.1) is 0 Å². The smallest absolute Gasteiger partial charge is 0.338 e. The van der Waals surface area contributed by atoms with Gasteiger partial charge in [-0.3, -0.25) is 9.36 Å². The summed E-state index contributed by atoms with van der Waals surface area (Å²) in [5, 5.41) is 2.31. The third-order valence-electron chi connectivity index (χ3n) is 7.81. The largest absolute Gasteiger partial charge is 0.493 e.